The maximum Gasteiger partial charge on any atom is 0.230 e. The van der Waals surface area contributed by atoms with Crippen molar-refractivity contribution in [3.05, 3.63) is 51.6 Å². The number of aromatic nitrogens is 1. The number of hydroxylamine groups is 1. The molecular formula is C19H22Cl2N4O3. The topological polar surface area (TPSA) is 79.2 Å². The zero-order chi connectivity index (χ0) is 19.9. The van der Waals surface area contributed by atoms with Crippen LogP contribution in [0, 0.1) is 6.92 Å². The van der Waals surface area contributed by atoms with Gasteiger partial charge in [-0.25, -0.2) is 4.98 Å². The van der Waals surface area contributed by atoms with Crippen LogP contribution < -0.4 is 10.2 Å². The van der Waals surface area contributed by atoms with Crippen molar-refractivity contribution >= 4 is 29.0 Å². The van der Waals surface area contributed by atoms with Crippen LogP contribution in [-0.4, -0.2) is 60.3 Å². The van der Waals surface area contributed by atoms with Gasteiger partial charge in [0.1, 0.15) is 5.75 Å². The first-order chi connectivity index (χ1) is 13.6. The van der Waals surface area contributed by atoms with E-state index in [1.165, 1.54) is 0 Å². The third-order valence-corrected chi connectivity index (χ3v) is 4.80. The van der Waals surface area contributed by atoms with Crippen molar-refractivity contribution < 1.29 is 14.7 Å². The summed E-state index contributed by atoms with van der Waals surface area (Å²) < 4.78 is 11.2. The molecule has 0 radical (unpaired) electrons. The molecule has 3 rings (SSSR count). The Morgan fingerprint density at radius 3 is 2.82 bits per heavy atom. The summed E-state index contributed by atoms with van der Waals surface area (Å²) in [5, 5.41) is 10.5. The first-order valence-electron chi connectivity index (χ1n) is 8.92. The van der Waals surface area contributed by atoms with Crippen molar-refractivity contribution in [1.29, 1.82) is 0 Å². The number of amidine groups is 1. The number of nitrogens with one attached hydrogen (secondary N) is 1. The van der Waals surface area contributed by atoms with Crippen LogP contribution in [0.2, 0.25) is 10.0 Å². The highest BCUT2D eigenvalue weighted by atomic mass is 35.5. The van der Waals surface area contributed by atoms with E-state index < -0.39 is 0 Å². The number of benzene rings is 1. The number of ether oxygens (including phenoxy) is 2. The molecule has 0 spiro atoms. The Morgan fingerprint density at radius 2 is 2.07 bits per heavy atom. The lowest BCUT2D eigenvalue weighted by Crippen LogP contribution is -2.38. The van der Waals surface area contributed by atoms with Crippen molar-refractivity contribution in [2.24, 2.45) is 4.99 Å². The van der Waals surface area contributed by atoms with Gasteiger partial charge in [0, 0.05) is 36.4 Å². The van der Waals surface area contributed by atoms with Gasteiger partial charge in [0.25, 0.3) is 0 Å². The Bertz CT molecular complexity index is 842. The van der Waals surface area contributed by atoms with Crippen molar-refractivity contribution in [3.63, 3.8) is 0 Å². The lowest BCUT2D eigenvalue weighted by atomic mass is 10.2. The van der Waals surface area contributed by atoms with E-state index in [0.29, 0.717) is 27.9 Å². The van der Waals surface area contributed by atoms with Crippen LogP contribution >= 0.6 is 23.2 Å². The van der Waals surface area contributed by atoms with Gasteiger partial charge in [-0.1, -0.05) is 23.2 Å². The molecule has 28 heavy (non-hydrogen) atoms. The molecule has 1 aliphatic heterocycles. The van der Waals surface area contributed by atoms with Gasteiger partial charge >= 0.3 is 0 Å². The molecule has 0 amide bonds. The summed E-state index contributed by atoms with van der Waals surface area (Å²) in [6, 6.07) is 8.54. The second-order valence-corrected chi connectivity index (χ2v) is 7.12. The summed E-state index contributed by atoms with van der Waals surface area (Å²) in [5.41, 5.74) is 3.43. The summed E-state index contributed by atoms with van der Waals surface area (Å²) in [6.07, 6.45) is 0. The molecule has 1 aromatic heterocycles. The van der Waals surface area contributed by atoms with Gasteiger partial charge in [-0.15, -0.1) is 0 Å². The van der Waals surface area contributed by atoms with E-state index >= 15 is 0 Å². The van der Waals surface area contributed by atoms with Crippen molar-refractivity contribution in [3.8, 4) is 11.6 Å². The van der Waals surface area contributed by atoms with Crippen LogP contribution in [0.15, 0.2) is 35.3 Å². The standard InChI is InChI=1S/C19H22Cl2N4O3/c1-13-2-4-15(18(24-26)22-6-7-25-8-10-27-11-9-25)19(23-13)28-17-12-14(20)3-5-16(17)21/h2-5,12,26H,6-11H2,1H3,(H,22,24). The predicted octanol–water partition coefficient (Wildman–Crippen LogP) is 3.55. The Labute approximate surface area is 173 Å². The molecule has 1 saturated heterocycles. The molecule has 0 aliphatic carbocycles. The van der Waals surface area contributed by atoms with Crippen LogP contribution in [0.25, 0.3) is 0 Å². The van der Waals surface area contributed by atoms with Crippen molar-refractivity contribution in [2.75, 3.05) is 39.4 Å². The normalized spacial score (nSPS) is 15.5. The fraction of sp³-hybridized carbons (Fsp3) is 0.368. The average Bonchev–Trinajstić information content (AvgIpc) is 2.70. The van der Waals surface area contributed by atoms with Crippen molar-refractivity contribution in [2.45, 2.75) is 6.92 Å². The number of hydrogen-bond donors (Lipinski definition) is 2. The predicted molar refractivity (Wildman–Crippen MR) is 109 cm³/mol. The molecule has 0 bridgehead atoms. The molecule has 0 saturated carbocycles. The summed E-state index contributed by atoms with van der Waals surface area (Å²) >= 11 is 12.2. The SMILES string of the molecule is Cc1ccc(C(=NCCN2CCOCC2)NO)c(Oc2cc(Cl)ccc2Cl)n1. The van der Waals surface area contributed by atoms with E-state index in [1.54, 1.807) is 24.3 Å². The minimum atomic E-state index is 0.272. The summed E-state index contributed by atoms with van der Waals surface area (Å²) in [6.45, 7) is 6.34. The van der Waals surface area contributed by atoms with Gasteiger partial charge in [0.05, 0.1) is 30.3 Å². The largest absolute Gasteiger partial charge is 0.437 e. The number of nitrogens with zero attached hydrogens (tertiary/aromatic N) is 3. The molecule has 1 fully saturated rings. The van der Waals surface area contributed by atoms with Gasteiger partial charge < -0.3 is 9.47 Å². The highest BCUT2D eigenvalue weighted by molar-refractivity contribution is 6.34. The zero-order valence-corrected chi connectivity index (χ0v) is 17.0. The Balaban J connectivity index is 1.80. The van der Waals surface area contributed by atoms with E-state index in [9.17, 15) is 5.21 Å². The van der Waals surface area contributed by atoms with E-state index in [4.69, 9.17) is 32.7 Å². The van der Waals surface area contributed by atoms with Crippen LogP contribution in [0.3, 0.4) is 0 Å². The van der Waals surface area contributed by atoms with Gasteiger partial charge in [-0.3, -0.25) is 20.6 Å². The number of morpholine rings is 1. The van der Waals surface area contributed by atoms with Gasteiger partial charge in [0.15, 0.2) is 5.84 Å². The molecule has 1 aliphatic rings. The Kier molecular flexibility index (Phi) is 7.47. The molecular weight excluding hydrogens is 403 g/mol. The van der Waals surface area contributed by atoms with Crippen molar-refractivity contribution in [1.82, 2.24) is 15.4 Å². The monoisotopic (exact) mass is 424 g/mol. The van der Waals surface area contributed by atoms with Gasteiger partial charge in [-0.2, -0.15) is 0 Å². The smallest absolute Gasteiger partial charge is 0.230 e. The maximum absolute atomic E-state index is 9.63. The average molecular weight is 425 g/mol. The highest BCUT2D eigenvalue weighted by Gasteiger charge is 2.16. The Hall–Kier alpha value is -1.90. The fourth-order valence-corrected chi connectivity index (χ4v) is 3.08. The Morgan fingerprint density at radius 1 is 1.29 bits per heavy atom. The third-order valence-electron chi connectivity index (χ3n) is 4.25. The fourth-order valence-electron chi connectivity index (χ4n) is 2.76. The molecule has 2 N–H and O–H groups in total. The lowest BCUT2D eigenvalue weighted by Gasteiger charge is -2.25. The molecule has 7 nitrogen and oxygen atoms in total. The molecule has 2 heterocycles. The highest BCUT2D eigenvalue weighted by Crippen LogP contribution is 2.32. The number of hydrogen-bond acceptors (Lipinski definition) is 6. The first-order valence-corrected chi connectivity index (χ1v) is 9.68. The second-order valence-electron chi connectivity index (χ2n) is 6.28. The van der Waals surface area contributed by atoms with E-state index in [1.807, 2.05) is 13.0 Å². The van der Waals surface area contributed by atoms with Crippen LogP contribution in [0.1, 0.15) is 11.3 Å². The molecule has 1 aromatic carbocycles. The molecule has 0 unspecified atom stereocenters. The van der Waals surface area contributed by atoms with Gasteiger partial charge in [-0.05, 0) is 31.2 Å². The number of pyridine rings is 1. The van der Waals surface area contributed by atoms with Gasteiger partial charge in [0.2, 0.25) is 5.88 Å². The number of rotatable bonds is 6. The van der Waals surface area contributed by atoms with E-state index in [0.717, 1.165) is 38.5 Å². The lowest BCUT2D eigenvalue weighted by molar-refractivity contribution is 0.0394. The third kappa shape index (κ3) is 5.56. The number of aryl methyl sites for hydroxylation is 1. The minimum Gasteiger partial charge on any atom is -0.437 e. The second kappa shape index (κ2) is 10.0. The minimum absolute atomic E-state index is 0.272. The van der Waals surface area contributed by atoms with E-state index in [2.05, 4.69) is 20.4 Å². The number of aliphatic imine (C=N–C) groups is 1. The first kappa shape index (κ1) is 20.8. The quantitative estimate of drug-likeness (QED) is 0.419. The van der Waals surface area contributed by atoms with Crippen LogP contribution in [0.4, 0.5) is 0 Å². The van der Waals surface area contributed by atoms with Crippen LogP contribution in [-0.2, 0) is 4.74 Å². The maximum atomic E-state index is 9.63. The summed E-state index contributed by atoms with van der Waals surface area (Å²) in [5.74, 6) is 0.920. The van der Waals surface area contributed by atoms with E-state index in [-0.39, 0.29) is 11.7 Å². The zero-order valence-electron chi connectivity index (χ0n) is 15.5. The summed E-state index contributed by atoms with van der Waals surface area (Å²) in [4.78, 5) is 11.2. The molecule has 9 heteroatoms. The molecule has 150 valence electrons. The number of halogens is 2. The summed E-state index contributed by atoms with van der Waals surface area (Å²) in [7, 11) is 0. The molecule has 2 aromatic rings. The van der Waals surface area contributed by atoms with Crippen LogP contribution in [0.5, 0.6) is 11.6 Å². The molecule has 0 atom stereocenters.